The Morgan fingerprint density at radius 2 is 1.97 bits per heavy atom. The summed E-state index contributed by atoms with van der Waals surface area (Å²) < 4.78 is 16.1. The molecule has 0 spiro atoms. The van der Waals surface area contributed by atoms with Crippen LogP contribution in [0.15, 0.2) is 65.9 Å². The summed E-state index contributed by atoms with van der Waals surface area (Å²) in [6.07, 6.45) is 4.58. The van der Waals surface area contributed by atoms with E-state index < -0.39 is 0 Å². The van der Waals surface area contributed by atoms with Crippen molar-refractivity contribution in [1.82, 2.24) is 20.2 Å². The lowest BCUT2D eigenvalue weighted by Crippen LogP contribution is -2.39. The van der Waals surface area contributed by atoms with Crippen molar-refractivity contribution in [3.63, 3.8) is 0 Å². The second-order valence-corrected chi connectivity index (χ2v) is 7.34. The smallest absolute Gasteiger partial charge is 0.191 e. The number of aryl methyl sites for hydroxylation is 1. The zero-order chi connectivity index (χ0) is 21.3. The van der Waals surface area contributed by atoms with Crippen LogP contribution in [0, 0.1) is 12.7 Å². The molecule has 0 saturated carbocycles. The van der Waals surface area contributed by atoms with Crippen molar-refractivity contribution in [3.8, 4) is 0 Å². The monoisotopic (exact) mass is 535 g/mol. The number of nitrogens with one attached hydrogen (secondary N) is 2. The third kappa shape index (κ3) is 7.34. The van der Waals surface area contributed by atoms with E-state index in [4.69, 9.17) is 0 Å². The van der Waals surface area contributed by atoms with Gasteiger partial charge in [0, 0.05) is 38.4 Å². The van der Waals surface area contributed by atoms with Crippen molar-refractivity contribution in [1.29, 1.82) is 0 Å². The van der Waals surface area contributed by atoms with Gasteiger partial charge in [-0.05, 0) is 43.5 Å². The SMILES string of the molecule is CCNC(=NCCc1nccn1Cc1ccccc1)NC(C)c1ccc(C)c(F)c1.I. The summed E-state index contributed by atoms with van der Waals surface area (Å²) in [5.41, 5.74) is 2.79. The molecular weight excluding hydrogens is 504 g/mol. The molecule has 1 aromatic heterocycles. The van der Waals surface area contributed by atoms with Gasteiger partial charge in [0.15, 0.2) is 5.96 Å². The summed E-state index contributed by atoms with van der Waals surface area (Å²) in [5.74, 6) is 1.53. The molecule has 2 N–H and O–H groups in total. The Hall–Kier alpha value is -2.42. The maximum Gasteiger partial charge on any atom is 0.191 e. The van der Waals surface area contributed by atoms with E-state index in [0.717, 1.165) is 30.9 Å². The maximum atomic E-state index is 13.9. The molecule has 31 heavy (non-hydrogen) atoms. The number of benzene rings is 2. The Bertz CT molecular complexity index is 971. The van der Waals surface area contributed by atoms with E-state index in [2.05, 4.69) is 37.3 Å². The first-order valence-corrected chi connectivity index (χ1v) is 10.4. The van der Waals surface area contributed by atoms with Gasteiger partial charge in [-0.15, -0.1) is 24.0 Å². The molecule has 0 amide bonds. The van der Waals surface area contributed by atoms with E-state index in [-0.39, 0.29) is 35.8 Å². The maximum absolute atomic E-state index is 13.9. The van der Waals surface area contributed by atoms with E-state index in [1.165, 1.54) is 5.56 Å². The van der Waals surface area contributed by atoms with Crippen molar-refractivity contribution in [3.05, 3.63) is 89.3 Å². The normalized spacial score (nSPS) is 12.2. The number of imidazole rings is 1. The van der Waals surface area contributed by atoms with Crippen LogP contribution < -0.4 is 10.6 Å². The van der Waals surface area contributed by atoms with Crippen molar-refractivity contribution < 1.29 is 4.39 Å². The van der Waals surface area contributed by atoms with Gasteiger partial charge in [0.25, 0.3) is 0 Å². The van der Waals surface area contributed by atoms with Crippen molar-refractivity contribution in [2.75, 3.05) is 13.1 Å². The van der Waals surface area contributed by atoms with E-state index in [1.807, 2.05) is 50.5 Å². The van der Waals surface area contributed by atoms with Crippen LogP contribution in [0.3, 0.4) is 0 Å². The average molecular weight is 535 g/mol. The molecule has 3 rings (SSSR count). The molecule has 0 bridgehead atoms. The lowest BCUT2D eigenvalue weighted by Gasteiger charge is -2.18. The predicted octanol–water partition coefficient (Wildman–Crippen LogP) is 4.86. The molecule has 2 aromatic carbocycles. The number of halogens is 2. The van der Waals surface area contributed by atoms with Crippen LogP contribution in [0.4, 0.5) is 4.39 Å². The van der Waals surface area contributed by atoms with Gasteiger partial charge in [-0.3, -0.25) is 4.99 Å². The third-order valence-electron chi connectivity index (χ3n) is 5.00. The molecule has 0 aliphatic rings. The van der Waals surface area contributed by atoms with E-state index in [1.54, 1.807) is 19.1 Å². The van der Waals surface area contributed by atoms with Crippen molar-refractivity contribution in [2.24, 2.45) is 4.99 Å². The minimum absolute atomic E-state index is 0. The van der Waals surface area contributed by atoms with Crippen LogP contribution in [0.2, 0.25) is 0 Å². The number of aliphatic imine (C=N–C) groups is 1. The molecule has 0 radical (unpaired) electrons. The van der Waals surface area contributed by atoms with E-state index >= 15 is 0 Å². The summed E-state index contributed by atoms with van der Waals surface area (Å²) in [4.78, 5) is 9.18. The molecule has 3 aromatic rings. The molecular formula is C24H31FIN5. The van der Waals surface area contributed by atoms with Gasteiger partial charge in [-0.2, -0.15) is 0 Å². The molecule has 0 aliphatic heterocycles. The third-order valence-corrected chi connectivity index (χ3v) is 5.00. The highest BCUT2D eigenvalue weighted by Gasteiger charge is 2.10. The number of guanidine groups is 1. The van der Waals surface area contributed by atoms with E-state index in [0.29, 0.717) is 18.1 Å². The van der Waals surface area contributed by atoms with Crippen LogP contribution in [-0.4, -0.2) is 28.6 Å². The van der Waals surface area contributed by atoms with Gasteiger partial charge >= 0.3 is 0 Å². The first-order valence-electron chi connectivity index (χ1n) is 10.4. The Kier molecular flexibility index (Phi) is 9.97. The number of rotatable bonds is 8. The highest BCUT2D eigenvalue weighted by atomic mass is 127. The Morgan fingerprint density at radius 3 is 2.68 bits per heavy atom. The molecule has 1 atom stereocenters. The van der Waals surface area contributed by atoms with Gasteiger partial charge in [-0.1, -0.05) is 42.5 Å². The quantitative estimate of drug-likeness (QED) is 0.246. The highest BCUT2D eigenvalue weighted by molar-refractivity contribution is 14.0. The molecule has 7 heteroatoms. The molecule has 1 heterocycles. The summed E-state index contributed by atoms with van der Waals surface area (Å²) in [6.45, 7) is 7.96. The standard InChI is InChI=1S/C24H30FN5.HI/c1-4-26-24(29-19(3)21-11-10-18(2)22(25)16-21)28-13-12-23-27-14-15-30(23)17-20-8-6-5-7-9-20;/h5-11,14-16,19H,4,12-13,17H2,1-3H3,(H2,26,28,29);1H. The zero-order valence-corrected chi connectivity index (χ0v) is 20.6. The zero-order valence-electron chi connectivity index (χ0n) is 18.3. The topological polar surface area (TPSA) is 54.2 Å². The fourth-order valence-corrected chi connectivity index (χ4v) is 3.25. The van der Waals surface area contributed by atoms with Crippen molar-refractivity contribution >= 4 is 29.9 Å². The van der Waals surface area contributed by atoms with Gasteiger partial charge in [-0.25, -0.2) is 9.37 Å². The lowest BCUT2D eigenvalue weighted by molar-refractivity contribution is 0.607. The fraction of sp³-hybridized carbons (Fsp3) is 0.333. The summed E-state index contributed by atoms with van der Waals surface area (Å²) in [5, 5.41) is 6.62. The predicted molar refractivity (Wildman–Crippen MR) is 136 cm³/mol. The van der Waals surface area contributed by atoms with E-state index in [9.17, 15) is 4.39 Å². The summed E-state index contributed by atoms with van der Waals surface area (Å²) >= 11 is 0. The minimum atomic E-state index is -0.187. The number of hydrogen-bond donors (Lipinski definition) is 2. The van der Waals surface area contributed by atoms with Crippen LogP contribution in [-0.2, 0) is 13.0 Å². The largest absolute Gasteiger partial charge is 0.357 e. The van der Waals surface area contributed by atoms with Gasteiger partial charge in [0.2, 0.25) is 0 Å². The average Bonchev–Trinajstić information content (AvgIpc) is 3.17. The van der Waals surface area contributed by atoms with Crippen LogP contribution in [0.5, 0.6) is 0 Å². The van der Waals surface area contributed by atoms with Gasteiger partial charge < -0.3 is 15.2 Å². The molecule has 5 nitrogen and oxygen atoms in total. The second-order valence-electron chi connectivity index (χ2n) is 7.34. The fourth-order valence-electron chi connectivity index (χ4n) is 3.25. The first kappa shape index (κ1) is 24.8. The molecule has 0 fully saturated rings. The van der Waals surface area contributed by atoms with Crippen LogP contribution >= 0.6 is 24.0 Å². The van der Waals surface area contributed by atoms with Crippen LogP contribution in [0.25, 0.3) is 0 Å². The van der Waals surface area contributed by atoms with Gasteiger partial charge in [0.1, 0.15) is 11.6 Å². The highest BCUT2D eigenvalue weighted by Crippen LogP contribution is 2.16. The van der Waals surface area contributed by atoms with Gasteiger partial charge in [0.05, 0.1) is 6.04 Å². The minimum Gasteiger partial charge on any atom is -0.357 e. The Morgan fingerprint density at radius 1 is 1.19 bits per heavy atom. The first-order chi connectivity index (χ1) is 14.6. The second kappa shape index (κ2) is 12.4. The molecule has 1 unspecified atom stereocenters. The summed E-state index contributed by atoms with van der Waals surface area (Å²) in [7, 11) is 0. The Balaban J connectivity index is 0.00000341. The van der Waals surface area contributed by atoms with Crippen LogP contribution in [0.1, 0.15) is 42.4 Å². The summed E-state index contributed by atoms with van der Waals surface area (Å²) in [6, 6.07) is 15.6. The molecule has 166 valence electrons. The number of nitrogens with zero attached hydrogens (tertiary/aromatic N) is 3. The number of hydrogen-bond acceptors (Lipinski definition) is 2. The number of aromatic nitrogens is 2. The molecule has 0 aliphatic carbocycles. The lowest BCUT2D eigenvalue weighted by atomic mass is 10.1. The Labute approximate surface area is 201 Å². The molecule has 0 saturated heterocycles. The van der Waals surface area contributed by atoms with Crippen molar-refractivity contribution in [2.45, 2.75) is 39.8 Å².